The van der Waals surface area contributed by atoms with Crippen molar-refractivity contribution in [2.45, 2.75) is 0 Å². The minimum absolute atomic E-state index is 0.413. The predicted octanol–water partition coefficient (Wildman–Crippen LogP) is 0.665. The van der Waals surface area contributed by atoms with Gasteiger partial charge in [0.15, 0.2) is 0 Å². The average molecular weight is 224 g/mol. The van der Waals surface area contributed by atoms with E-state index >= 15 is 0 Å². The molecule has 0 unspecified atom stereocenters. The molecule has 0 aliphatic carbocycles. The average Bonchev–Trinajstić information content (AvgIpc) is 2.25. The van der Waals surface area contributed by atoms with Crippen LogP contribution in [0.1, 0.15) is 0 Å². The van der Waals surface area contributed by atoms with E-state index in [2.05, 4.69) is 0 Å². The minimum Gasteiger partial charge on any atom is -0.497 e. The fourth-order valence-electron chi connectivity index (χ4n) is 1.19. The number of benzene rings is 1. The second kappa shape index (κ2) is 5.01. The fourth-order valence-corrected chi connectivity index (χ4v) is 1.19. The van der Waals surface area contributed by atoms with E-state index in [0.29, 0.717) is 11.4 Å². The molecule has 0 saturated carbocycles. The number of anilines is 1. The number of nitrogens with zero attached hydrogens (tertiary/aromatic N) is 1. The van der Waals surface area contributed by atoms with Crippen molar-refractivity contribution in [2.24, 2.45) is 5.73 Å². The molecule has 0 saturated heterocycles. The van der Waals surface area contributed by atoms with Gasteiger partial charge < -0.3 is 15.6 Å². The second-order valence-electron chi connectivity index (χ2n) is 3.02. The Balaban J connectivity index is 2.92. The lowest BCUT2D eigenvalue weighted by Gasteiger charge is -2.18. The zero-order chi connectivity index (χ0) is 12.1. The summed E-state index contributed by atoms with van der Waals surface area (Å²) in [4.78, 5) is 22.5. The largest absolute Gasteiger partial charge is 0.497 e. The molecule has 6 nitrogen and oxygen atoms in total. The predicted molar refractivity (Wildman–Crippen MR) is 57.6 cm³/mol. The van der Waals surface area contributed by atoms with E-state index in [0.717, 1.165) is 4.90 Å². The van der Waals surface area contributed by atoms with Crippen molar-refractivity contribution in [3.05, 3.63) is 24.3 Å². The maximum absolute atomic E-state index is 11.0. The summed E-state index contributed by atoms with van der Waals surface area (Å²) in [5.41, 5.74) is 5.49. The molecule has 16 heavy (non-hydrogen) atoms. The normalized spacial score (nSPS) is 9.56. The van der Waals surface area contributed by atoms with E-state index in [1.165, 1.54) is 7.11 Å². The molecule has 0 atom stereocenters. The van der Waals surface area contributed by atoms with Crippen LogP contribution in [0.15, 0.2) is 24.3 Å². The van der Waals surface area contributed by atoms with Gasteiger partial charge in [0.25, 0.3) is 0 Å². The molecule has 6 heteroatoms. The molecule has 0 aliphatic heterocycles. The van der Waals surface area contributed by atoms with Gasteiger partial charge in [-0.3, -0.25) is 9.69 Å². The van der Waals surface area contributed by atoms with Gasteiger partial charge in [-0.15, -0.1) is 0 Å². The second-order valence-corrected chi connectivity index (χ2v) is 3.02. The van der Waals surface area contributed by atoms with Crippen molar-refractivity contribution in [2.75, 3.05) is 18.6 Å². The van der Waals surface area contributed by atoms with Gasteiger partial charge >= 0.3 is 12.0 Å². The summed E-state index contributed by atoms with van der Waals surface area (Å²) in [5.74, 6) is -0.516. The van der Waals surface area contributed by atoms with Crippen molar-refractivity contribution in [3.8, 4) is 5.75 Å². The molecule has 0 aromatic heterocycles. The summed E-state index contributed by atoms with van der Waals surface area (Å²) in [6.45, 7) is -0.471. The van der Waals surface area contributed by atoms with Crippen LogP contribution < -0.4 is 15.4 Å². The lowest BCUT2D eigenvalue weighted by molar-refractivity contribution is -0.135. The smallest absolute Gasteiger partial charge is 0.323 e. The number of amides is 2. The Kier molecular flexibility index (Phi) is 3.71. The molecule has 3 N–H and O–H groups in total. The van der Waals surface area contributed by atoms with Crippen molar-refractivity contribution in [1.29, 1.82) is 0 Å². The minimum atomic E-state index is -1.13. The Morgan fingerprint density at radius 3 is 2.31 bits per heavy atom. The number of aliphatic carboxylic acids is 1. The molecular formula is C10H12N2O4. The topological polar surface area (TPSA) is 92.9 Å². The van der Waals surface area contributed by atoms with Crippen molar-refractivity contribution in [1.82, 2.24) is 0 Å². The number of hydrogen-bond donors (Lipinski definition) is 2. The highest BCUT2D eigenvalue weighted by Crippen LogP contribution is 2.18. The van der Waals surface area contributed by atoms with Gasteiger partial charge in [0, 0.05) is 5.69 Å². The number of methoxy groups -OCH3 is 1. The molecule has 86 valence electrons. The van der Waals surface area contributed by atoms with E-state index in [9.17, 15) is 9.59 Å². The van der Waals surface area contributed by atoms with Gasteiger partial charge in [-0.05, 0) is 24.3 Å². The number of hydrogen-bond acceptors (Lipinski definition) is 3. The molecule has 0 heterocycles. The van der Waals surface area contributed by atoms with E-state index in [1.807, 2.05) is 0 Å². The maximum atomic E-state index is 11.0. The van der Waals surface area contributed by atoms with Crippen molar-refractivity contribution in [3.63, 3.8) is 0 Å². The first-order valence-electron chi connectivity index (χ1n) is 4.47. The van der Waals surface area contributed by atoms with Crippen LogP contribution in [0.2, 0.25) is 0 Å². The van der Waals surface area contributed by atoms with Gasteiger partial charge in [-0.1, -0.05) is 0 Å². The van der Waals surface area contributed by atoms with E-state index in [1.54, 1.807) is 24.3 Å². The van der Waals surface area contributed by atoms with Crippen LogP contribution in [0, 0.1) is 0 Å². The Hall–Kier alpha value is -2.24. The van der Waals surface area contributed by atoms with Crippen LogP contribution in [0.3, 0.4) is 0 Å². The van der Waals surface area contributed by atoms with Crippen LogP contribution in [-0.2, 0) is 4.79 Å². The summed E-state index contributed by atoms with van der Waals surface area (Å²) in [6, 6.07) is 5.55. The molecule has 0 spiro atoms. The van der Waals surface area contributed by atoms with Crippen LogP contribution in [-0.4, -0.2) is 30.8 Å². The van der Waals surface area contributed by atoms with Crippen LogP contribution in [0.4, 0.5) is 10.5 Å². The zero-order valence-electron chi connectivity index (χ0n) is 8.71. The molecule has 0 bridgehead atoms. The standard InChI is InChI=1S/C10H12N2O4/c1-16-8-4-2-7(3-5-8)12(10(11)15)6-9(13)14/h2-5H,6H2,1H3,(H2,11,15)(H,13,14). The number of carboxylic acids is 1. The molecule has 2 amide bonds. The Morgan fingerprint density at radius 2 is 1.94 bits per heavy atom. The SMILES string of the molecule is COc1ccc(N(CC(=O)O)C(N)=O)cc1. The van der Waals surface area contributed by atoms with Crippen molar-refractivity contribution >= 4 is 17.7 Å². The zero-order valence-corrected chi connectivity index (χ0v) is 8.71. The van der Waals surface area contributed by atoms with E-state index < -0.39 is 18.5 Å². The Labute approximate surface area is 92.2 Å². The summed E-state index contributed by atoms with van der Waals surface area (Å²) < 4.78 is 4.94. The molecule has 0 radical (unpaired) electrons. The first-order chi connectivity index (χ1) is 7.54. The molecule has 0 fully saturated rings. The van der Waals surface area contributed by atoms with E-state index in [4.69, 9.17) is 15.6 Å². The van der Waals surface area contributed by atoms with Gasteiger partial charge in [0.2, 0.25) is 0 Å². The van der Waals surface area contributed by atoms with Crippen LogP contribution in [0.5, 0.6) is 5.75 Å². The number of primary amides is 1. The van der Waals surface area contributed by atoms with Gasteiger partial charge in [-0.2, -0.15) is 0 Å². The molecule has 0 aliphatic rings. The lowest BCUT2D eigenvalue weighted by Crippen LogP contribution is -2.39. The Morgan fingerprint density at radius 1 is 1.38 bits per heavy atom. The third-order valence-electron chi connectivity index (χ3n) is 1.94. The number of ether oxygens (including phenoxy) is 1. The number of carbonyl (C=O) groups is 2. The first kappa shape index (κ1) is 11.8. The van der Waals surface area contributed by atoms with E-state index in [-0.39, 0.29) is 0 Å². The number of carboxylic acid groups (broad SMARTS) is 1. The third kappa shape index (κ3) is 2.88. The monoisotopic (exact) mass is 224 g/mol. The highest BCUT2D eigenvalue weighted by atomic mass is 16.5. The number of rotatable bonds is 4. The quantitative estimate of drug-likeness (QED) is 0.785. The summed E-state index contributed by atoms with van der Waals surface area (Å²) in [7, 11) is 1.51. The molecule has 1 aromatic carbocycles. The van der Waals surface area contributed by atoms with Crippen molar-refractivity contribution < 1.29 is 19.4 Å². The highest BCUT2D eigenvalue weighted by molar-refractivity contribution is 5.95. The molecular weight excluding hydrogens is 212 g/mol. The first-order valence-corrected chi connectivity index (χ1v) is 4.47. The number of carbonyl (C=O) groups excluding carboxylic acids is 1. The number of nitrogens with two attached hydrogens (primary N) is 1. The van der Waals surface area contributed by atoms with Crippen LogP contribution in [0.25, 0.3) is 0 Å². The highest BCUT2D eigenvalue weighted by Gasteiger charge is 2.15. The summed E-state index contributed by atoms with van der Waals surface area (Å²) in [6.07, 6.45) is 0. The Bertz CT molecular complexity index is 388. The van der Waals surface area contributed by atoms with Gasteiger partial charge in [-0.25, -0.2) is 4.79 Å². The van der Waals surface area contributed by atoms with Crippen LogP contribution >= 0.6 is 0 Å². The van der Waals surface area contributed by atoms with Gasteiger partial charge in [0.05, 0.1) is 7.11 Å². The lowest BCUT2D eigenvalue weighted by atomic mass is 10.3. The number of urea groups is 1. The molecule has 1 aromatic rings. The summed E-state index contributed by atoms with van der Waals surface area (Å²) >= 11 is 0. The third-order valence-corrected chi connectivity index (χ3v) is 1.94. The fraction of sp³-hybridized carbons (Fsp3) is 0.200. The van der Waals surface area contributed by atoms with Gasteiger partial charge in [0.1, 0.15) is 12.3 Å². The summed E-state index contributed by atoms with van der Waals surface area (Å²) in [5, 5.41) is 8.62. The maximum Gasteiger partial charge on any atom is 0.323 e. The molecule has 1 rings (SSSR count).